The van der Waals surface area contributed by atoms with Gasteiger partial charge in [0.05, 0.1) is 4.83 Å². The van der Waals surface area contributed by atoms with Crippen molar-refractivity contribution in [3.63, 3.8) is 0 Å². The fourth-order valence-electron chi connectivity index (χ4n) is 2.08. The lowest BCUT2D eigenvalue weighted by Gasteiger charge is -2.39. The normalized spacial score (nSPS) is 29.5. The number of ether oxygens (including phenoxy) is 3. The van der Waals surface area contributed by atoms with Crippen molar-refractivity contribution in [3.05, 3.63) is 12.2 Å². The number of alkyl halides is 1. The second-order valence-corrected chi connectivity index (χ2v) is 5.73. The first-order valence-corrected chi connectivity index (χ1v) is 6.97. The number of carbonyl (C=O) groups excluding carboxylic acids is 3. The van der Waals surface area contributed by atoms with Crippen LogP contribution in [0.15, 0.2) is 12.2 Å². The van der Waals surface area contributed by atoms with Crippen molar-refractivity contribution in [2.75, 3.05) is 0 Å². The number of hydrogen-bond donors (Lipinski definition) is 0. The molecule has 0 saturated heterocycles. The van der Waals surface area contributed by atoms with E-state index in [-0.39, 0.29) is 4.83 Å². The van der Waals surface area contributed by atoms with E-state index < -0.39 is 36.2 Å². The van der Waals surface area contributed by atoms with Crippen LogP contribution in [0.2, 0.25) is 0 Å². The predicted molar refractivity (Wildman–Crippen MR) is 73.1 cm³/mol. The van der Waals surface area contributed by atoms with Crippen LogP contribution in [0.5, 0.6) is 0 Å². The highest BCUT2D eigenvalue weighted by Gasteiger charge is 2.46. The van der Waals surface area contributed by atoms with E-state index in [9.17, 15) is 14.4 Å². The summed E-state index contributed by atoms with van der Waals surface area (Å²) in [5, 5.41) is 0. The summed E-state index contributed by atoms with van der Waals surface area (Å²) in [6, 6.07) is 0. The predicted octanol–water partition coefficient (Wildman–Crippen LogP) is 1.50. The van der Waals surface area contributed by atoms with Crippen LogP contribution in [0.1, 0.15) is 27.2 Å². The zero-order valence-electron chi connectivity index (χ0n) is 11.6. The SMILES string of the molecule is C=C1C[C@H](Br)[C@@H](OC(C)=O)[C@H](OC(C)=O)[C@H]1OC(C)=O. The molecule has 0 spiro atoms. The molecular formula is C13H17BrO6. The molecule has 0 amide bonds. The van der Waals surface area contributed by atoms with E-state index in [1.165, 1.54) is 20.8 Å². The Morgan fingerprint density at radius 3 is 1.90 bits per heavy atom. The third-order valence-corrected chi connectivity index (χ3v) is 3.58. The molecule has 1 aliphatic carbocycles. The van der Waals surface area contributed by atoms with Gasteiger partial charge in [-0.2, -0.15) is 0 Å². The second-order valence-electron chi connectivity index (χ2n) is 4.56. The molecule has 6 nitrogen and oxygen atoms in total. The summed E-state index contributed by atoms with van der Waals surface area (Å²) in [6.07, 6.45) is -2.04. The highest BCUT2D eigenvalue weighted by Crippen LogP contribution is 2.34. The standard InChI is InChI=1S/C13H17BrO6/c1-6-5-10(14)12(19-8(3)16)13(20-9(4)17)11(6)18-7(2)15/h10-13H,1,5H2,2-4H3/t10-,11-,12+,13+/m0/s1. The van der Waals surface area contributed by atoms with Crippen molar-refractivity contribution in [2.24, 2.45) is 0 Å². The zero-order valence-corrected chi connectivity index (χ0v) is 13.1. The van der Waals surface area contributed by atoms with Gasteiger partial charge in [0.25, 0.3) is 0 Å². The van der Waals surface area contributed by atoms with Gasteiger partial charge in [0.15, 0.2) is 18.3 Å². The number of esters is 3. The molecule has 20 heavy (non-hydrogen) atoms. The van der Waals surface area contributed by atoms with E-state index in [1.807, 2.05) is 0 Å². The molecule has 0 aromatic heterocycles. The van der Waals surface area contributed by atoms with E-state index in [0.717, 1.165) is 0 Å². The molecule has 0 N–H and O–H groups in total. The first kappa shape index (κ1) is 16.7. The Bertz CT molecular complexity index is 433. The number of carbonyl (C=O) groups is 3. The number of rotatable bonds is 3. The molecule has 0 aromatic rings. The number of hydrogen-bond acceptors (Lipinski definition) is 6. The van der Waals surface area contributed by atoms with E-state index in [1.54, 1.807) is 0 Å². The molecule has 1 saturated carbocycles. The first-order chi connectivity index (χ1) is 9.22. The summed E-state index contributed by atoms with van der Waals surface area (Å²) in [4.78, 5) is 33.3. The second kappa shape index (κ2) is 6.88. The summed E-state index contributed by atoms with van der Waals surface area (Å²) in [5.74, 6) is -1.59. The molecule has 1 fully saturated rings. The minimum atomic E-state index is -0.911. The highest BCUT2D eigenvalue weighted by molar-refractivity contribution is 9.09. The highest BCUT2D eigenvalue weighted by atomic mass is 79.9. The molecule has 1 aliphatic rings. The van der Waals surface area contributed by atoms with Crippen LogP contribution in [0.25, 0.3) is 0 Å². The van der Waals surface area contributed by atoms with Crippen molar-refractivity contribution in [2.45, 2.75) is 50.3 Å². The van der Waals surface area contributed by atoms with E-state index in [2.05, 4.69) is 22.5 Å². The molecule has 0 heterocycles. The molecule has 0 aromatic carbocycles. The van der Waals surface area contributed by atoms with Gasteiger partial charge < -0.3 is 14.2 Å². The minimum Gasteiger partial charge on any atom is -0.457 e. The van der Waals surface area contributed by atoms with Gasteiger partial charge in [-0.25, -0.2) is 0 Å². The van der Waals surface area contributed by atoms with Crippen LogP contribution in [0.3, 0.4) is 0 Å². The van der Waals surface area contributed by atoms with Gasteiger partial charge in [-0.05, 0) is 12.0 Å². The Morgan fingerprint density at radius 2 is 1.45 bits per heavy atom. The van der Waals surface area contributed by atoms with Crippen molar-refractivity contribution in [3.8, 4) is 0 Å². The molecule has 1 rings (SSSR count). The Morgan fingerprint density at radius 1 is 1.00 bits per heavy atom. The van der Waals surface area contributed by atoms with E-state index in [0.29, 0.717) is 12.0 Å². The molecule has 112 valence electrons. The fraction of sp³-hybridized carbons (Fsp3) is 0.615. The molecule has 0 bridgehead atoms. The summed E-state index contributed by atoms with van der Waals surface area (Å²) in [7, 11) is 0. The molecule has 7 heteroatoms. The van der Waals surface area contributed by atoms with Gasteiger partial charge in [-0.15, -0.1) is 0 Å². The lowest BCUT2D eigenvalue weighted by molar-refractivity contribution is -0.182. The van der Waals surface area contributed by atoms with E-state index >= 15 is 0 Å². The monoisotopic (exact) mass is 348 g/mol. The maximum Gasteiger partial charge on any atom is 0.303 e. The van der Waals surface area contributed by atoms with Gasteiger partial charge in [-0.1, -0.05) is 22.5 Å². The molecular weight excluding hydrogens is 332 g/mol. The maximum atomic E-state index is 11.2. The Kier molecular flexibility index (Phi) is 5.74. The Balaban J connectivity index is 3.05. The van der Waals surface area contributed by atoms with Crippen molar-refractivity contribution < 1.29 is 28.6 Å². The maximum absolute atomic E-state index is 11.2. The van der Waals surface area contributed by atoms with Crippen LogP contribution in [-0.4, -0.2) is 41.0 Å². The van der Waals surface area contributed by atoms with Gasteiger partial charge in [0.2, 0.25) is 0 Å². The van der Waals surface area contributed by atoms with Crippen LogP contribution in [-0.2, 0) is 28.6 Å². The minimum absolute atomic E-state index is 0.268. The lowest BCUT2D eigenvalue weighted by Crippen LogP contribution is -2.53. The summed E-state index contributed by atoms with van der Waals surface area (Å²) in [5.41, 5.74) is 0.594. The van der Waals surface area contributed by atoms with Crippen molar-refractivity contribution in [1.29, 1.82) is 0 Å². The van der Waals surface area contributed by atoms with Crippen LogP contribution in [0, 0.1) is 0 Å². The number of halogens is 1. The summed E-state index contributed by atoms with van der Waals surface area (Å²) in [6.45, 7) is 7.57. The third kappa shape index (κ3) is 4.33. The molecule has 0 unspecified atom stereocenters. The van der Waals surface area contributed by atoms with Gasteiger partial charge in [0, 0.05) is 20.8 Å². The van der Waals surface area contributed by atoms with Gasteiger partial charge in [-0.3, -0.25) is 14.4 Å². The smallest absolute Gasteiger partial charge is 0.303 e. The van der Waals surface area contributed by atoms with Crippen molar-refractivity contribution in [1.82, 2.24) is 0 Å². The Hall–Kier alpha value is -1.37. The van der Waals surface area contributed by atoms with E-state index in [4.69, 9.17) is 14.2 Å². The third-order valence-electron chi connectivity index (χ3n) is 2.74. The van der Waals surface area contributed by atoms with Crippen LogP contribution >= 0.6 is 15.9 Å². The molecule has 0 aliphatic heterocycles. The fourth-order valence-corrected chi connectivity index (χ4v) is 2.90. The first-order valence-electron chi connectivity index (χ1n) is 6.05. The largest absolute Gasteiger partial charge is 0.457 e. The van der Waals surface area contributed by atoms with Gasteiger partial charge in [0.1, 0.15) is 0 Å². The molecule has 0 radical (unpaired) electrons. The molecule has 4 atom stereocenters. The summed E-state index contributed by atoms with van der Waals surface area (Å²) < 4.78 is 15.5. The quantitative estimate of drug-likeness (QED) is 0.333. The topological polar surface area (TPSA) is 78.9 Å². The van der Waals surface area contributed by atoms with Gasteiger partial charge >= 0.3 is 17.9 Å². The lowest BCUT2D eigenvalue weighted by atomic mass is 9.87. The average Bonchev–Trinajstić information content (AvgIpc) is 2.27. The van der Waals surface area contributed by atoms with Crippen LogP contribution in [0.4, 0.5) is 0 Å². The van der Waals surface area contributed by atoms with Crippen molar-refractivity contribution >= 4 is 33.8 Å². The van der Waals surface area contributed by atoms with Crippen LogP contribution < -0.4 is 0 Å². The summed E-state index contributed by atoms with van der Waals surface area (Å²) >= 11 is 3.38. The average molecular weight is 349 g/mol. The Labute approximate surface area is 125 Å². The zero-order chi connectivity index (χ0) is 15.4.